The highest BCUT2D eigenvalue weighted by Gasteiger charge is 2.13. The number of hydrogen-bond acceptors (Lipinski definition) is 4. The Morgan fingerprint density at radius 2 is 2.28 bits per heavy atom. The van der Waals surface area contributed by atoms with Crippen molar-refractivity contribution in [3.63, 3.8) is 0 Å². The summed E-state index contributed by atoms with van der Waals surface area (Å²) in [6.07, 6.45) is 4.32. The highest BCUT2D eigenvalue weighted by molar-refractivity contribution is 7.09. The van der Waals surface area contributed by atoms with Crippen LogP contribution in [0.5, 0.6) is 0 Å². The zero-order valence-electron chi connectivity index (χ0n) is 10.6. The molecular formula is C13H20ClNO2S. The fourth-order valence-corrected chi connectivity index (χ4v) is 3.08. The molecule has 0 unspecified atom stereocenters. The summed E-state index contributed by atoms with van der Waals surface area (Å²) in [5.41, 5.74) is 0.986. The molecule has 1 aromatic rings. The second-order valence-electron chi connectivity index (χ2n) is 4.60. The van der Waals surface area contributed by atoms with E-state index < -0.39 is 0 Å². The summed E-state index contributed by atoms with van der Waals surface area (Å²) >= 11 is 7.41. The second kappa shape index (κ2) is 8.10. The van der Waals surface area contributed by atoms with Gasteiger partial charge in [-0.3, -0.25) is 0 Å². The average molecular weight is 290 g/mol. The molecule has 0 aliphatic carbocycles. The lowest BCUT2D eigenvalue weighted by Crippen LogP contribution is -2.20. The van der Waals surface area contributed by atoms with E-state index in [9.17, 15) is 0 Å². The first kappa shape index (κ1) is 14.3. The van der Waals surface area contributed by atoms with Gasteiger partial charge in [0.05, 0.1) is 16.6 Å². The maximum absolute atomic E-state index is 5.72. The van der Waals surface area contributed by atoms with E-state index >= 15 is 0 Å². The molecule has 1 aliphatic heterocycles. The standard InChI is InChI=1S/C13H20ClNO2S/c14-8-12-10-18-13(15-12)2-1-5-17-9-11-3-6-16-7-4-11/h10-11H,1-9H2. The van der Waals surface area contributed by atoms with Crippen molar-refractivity contribution in [2.75, 3.05) is 26.4 Å². The minimum atomic E-state index is 0.511. The van der Waals surface area contributed by atoms with E-state index in [4.69, 9.17) is 21.1 Å². The molecule has 1 fully saturated rings. The van der Waals surface area contributed by atoms with Crippen molar-refractivity contribution in [1.82, 2.24) is 4.98 Å². The highest BCUT2D eigenvalue weighted by atomic mass is 35.5. The minimum Gasteiger partial charge on any atom is -0.381 e. The van der Waals surface area contributed by atoms with Gasteiger partial charge in [-0.25, -0.2) is 4.98 Å². The number of nitrogens with zero attached hydrogens (tertiary/aromatic N) is 1. The Bertz CT molecular complexity index is 339. The second-order valence-corrected chi connectivity index (χ2v) is 5.81. The molecule has 0 aromatic carbocycles. The number of hydrogen-bond donors (Lipinski definition) is 0. The zero-order valence-corrected chi connectivity index (χ0v) is 12.1. The van der Waals surface area contributed by atoms with Gasteiger partial charge in [0.15, 0.2) is 0 Å². The van der Waals surface area contributed by atoms with E-state index in [0.717, 1.165) is 57.8 Å². The van der Waals surface area contributed by atoms with Crippen LogP contribution in [-0.2, 0) is 21.8 Å². The molecule has 0 saturated carbocycles. The molecular weight excluding hydrogens is 270 g/mol. The van der Waals surface area contributed by atoms with Crippen LogP contribution in [0.3, 0.4) is 0 Å². The van der Waals surface area contributed by atoms with E-state index in [-0.39, 0.29) is 0 Å². The third-order valence-corrected chi connectivity index (χ3v) is 4.34. The summed E-state index contributed by atoms with van der Waals surface area (Å²) in [4.78, 5) is 4.43. The summed E-state index contributed by atoms with van der Waals surface area (Å²) in [6.45, 7) is 3.50. The van der Waals surface area contributed by atoms with E-state index in [1.165, 1.54) is 5.01 Å². The first-order chi connectivity index (χ1) is 8.88. The van der Waals surface area contributed by atoms with Gasteiger partial charge in [-0.2, -0.15) is 0 Å². The lowest BCUT2D eigenvalue weighted by molar-refractivity contribution is 0.0202. The van der Waals surface area contributed by atoms with Crippen LogP contribution >= 0.6 is 22.9 Å². The van der Waals surface area contributed by atoms with Crippen molar-refractivity contribution in [2.24, 2.45) is 5.92 Å². The van der Waals surface area contributed by atoms with Gasteiger partial charge in [0.25, 0.3) is 0 Å². The van der Waals surface area contributed by atoms with Gasteiger partial charge in [0.1, 0.15) is 0 Å². The molecule has 1 aliphatic rings. The van der Waals surface area contributed by atoms with Crippen LogP contribution in [0.15, 0.2) is 5.38 Å². The molecule has 0 atom stereocenters. The Balaban J connectivity index is 1.52. The third kappa shape index (κ3) is 4.84. The normalized spacial score (nSPS) is 17.2. The number of alkyl halides is 1. The van der Waals surface area contributed by atoms with Crippen LogP contribution in [0.1, 0.15) is 30.0 Å². The number of halogens is 1. The van der Waals surface area contributed by atoms with Crippen molar-refractivity contribution in [3.8, 4) is 0 Å². The van der Waals surface area contributed by atoms with Gasteiger partial charge < -0.3 is 9.47 Å². The van der Waals surface area contributed by atoms with Gasteiger partial charge in [0.2, 0.25) is 0 Å². The summed E-state index contributed by atoms with van der Waals surface area (Å²) in [7, 11) is 0. The van der Waals surface area contributed by atoms with Gasteiger partial charge in [-0.15, -0.1) is 22.9 Å². The fourth-order valence-electron chi connectivity index (χ4n) is 2.01. The predicted molar refractivity (Wildman–Crippen MR) is 74.4 cm³/mol. The van der Waals surface area contributed by atoms with E-state index in [2.05, 4.69) is 4.98 Å². The number of aromatic nitrogens is 1. The molecule has 1 saturated heterocycles. The minimum absolute atomic E-state index is 0.511. The van der Waals surface area contributed by atoms with E-state index in [0.29, 0.717) is 11.8 Å². The summed E-state index contributed by atoms with van der Waals surface area (Å²) in [5.74, 6) is 1.21. The molecule has 2 heterocycles. The van der Waals surface area contributed by atoms with Crippen LogP contribution in [0, 0.1) is 5.92 Å². The summed E-state index contributed by atoms with van der Waals surface area (Å²) in [6, 6.07) is 0. The van der Waals surface area contributed by atoms with E-state index in [1.54, 1.807) is 11.3 Å². The Labute approximate surface area is 117 Å². The fraction of sp³-hybridized carbons (Fsp3) is 0.769. The summed E-state index contributed by atoms with van der Waals surface area (Å²) < 4.78 is 11.0. The maximum atomic E-state index is 5.72. The molecule has 0 radical (unpaired) electrons. The van der Waals surface area contributed by atoms with Gasteiger partial charge >= 0.3 is 0 Å². The molecule has 0 N–H and O–H groups in total. The first-order valence-electron chi connectivity index (χ1n) is 6.53. The van der Waals surface area contributed by atoms with Crippen molar-refractivity contribution in [3.05, 3.63) is 16.1 Å². The Hall–Kier alpha value is -0.160. The zero-order chi connectivity index (χ0) is 12.6. The predicted octanol–water partition coefficient (Wildman–Crippen LogP) is 3.26. The van der Waals surface area contributed by atoms with Crippen molar-refractivity contribution >= 4 is 22.9 Å². The Morgan fingerprint density at radius 1 is 1.44 bits per heavy atom. The van der Waals surface area contributed by atoms with Gasteiger partial charge in [-0.1, -0.05) is 0 Å². The average Bonchev–Trinajstić information content (AvgIpc) is 2.87. The van der Waals surface area contributed by atoms with Crippen LogP contribution in [0.2, 0.25) is 0 Å². The summed E-state index contributed by atoms with van der Waals surface area (Å²) in [5, 5.41) is 3.20. The smallest absolute Gasteiger partial charge is 0.0929 e. The first-order valence-corrected chi connectivity index (χ1v) is 7.94. The lowest BCUT2D eigenvalue weighted by atomic mass is 10.0. The van der Waals surface area contributed by atoms with Crippen molar-refractivity contribution < 1.29 is 9.47 Å². The topological polar surface area (TPSA) is 31.4 Å². The number of rotatable bonds is 7. The molecule has 3 nitrogen and oxygen atoms in total. The molecule has 18 heavy (non-hydrogen) atoms. The van der Waals surface area contributed by atoms with Crippen LogP contribution in [0.4, 0.5) is 0 Å². The maximum Gasteiger partial charge on any atom is 0.0929 e. The lowest BCUT2D eigenvalue weighted by Gasteiger charge is -2.21. The molecule has 1 aromatic heterocycles. The quantitative estimate of drug-likeness (QED) is 0.570. The number of ether oxygens (including phenoxy) is 2. The largest absolute Gasteiger partial charge is 0.381 e. The monoisotopic (exact) mass is 289 g/mol. The van der Waals surface area contributed by atoms with Crippen molar-refractivity contribution in [1.29, 1.82) is 0 Å². The van der Waals surface area contributed by atoms with Gasteiger partial charge in [0, 0.05) is 38.2 Å². The SMILES string of the molecule is ClCc1csc(CCCOCC2CCOCC2)n1. The molecule has 2 rings (SSSR count). The van der Waals surface area contributed by atoms with E-state index in [1.807, 2.05) is 5.38 Å². The molecule has 5 heteroatoms. The van der Waals surface area contributed by atoms with Crippen LogP contribution in [-0.4, -0.2) is 31.4 Å². The van der Waals surface area contributed by atoms with Crippen molar-refractivity contribution in [2.45, 2.75) is 31.6 Å². The molecule has 0 amide bonds. The number of thiazole rings is 1. The molecule has 0 bridgehead atoms. The molecule has 102 valence electrons. The third-order valence-electron chi connectivity index (χ3n) is 3.11. The molecule has 0 spiro atoms. The van der Waals surface area contributed by atoms with Crippen LogP contribution < -0.4 is 0 Å². The van der Waals surface area contributed by atoms with Gasteiger partial charge in [-0.05, 0) is 25.2 Å². The van der Waals surface area contributed by atoms with Crippen LogP contribution in [0.25, 0.3) is 0 Å². The Kier molecular flexibility index (Phi) is 6.41. The number of aryl methyl sites for hydroxylation is 1. The highest BCUT2D eigenvalue weighted by Crippen LogP contribution is 2.16. The Morgan fingerprint density at radius 3 is 3.00 bits per heavy atom.